The lowest BCUT2D eigenvalue weighted by molar-refractivity contribution is -0.111. The van der Waals surface area contributed by atoms with E-state index in [1.54, 1.807) is 32.3 Å². The monoisotopic (exact) mass is 379 g/mol. The summed E-state index contributed by atoms with van der Waals surface area (Å²) in [6.45, 7) is 8.14. The van der Waals surface area contributed by atoms with Crippen molar-refractivity contribution in [3.05, 3.63) is 65.2 Å². The quantitative estimate of drug-likeness (QED) is 0.734. The molecule has 0 aliphatic rings. The Labute approximate surface area is 167 Å². The Balaban J connectivity index is 2.02. The largest absolute Gasteiger partial charge is 0.372 e. The van der Waals surface area contributed by atoms with E-state index in [2.05, 4.69) is 30.1 Å². The van der Waals surface area contributed by atoms with E-state index in [0.717, 1.165) is 35.6 Å². The normalized spacial score (nSPS) is 10.8. The molecule has 0 fully saturated rings. The Bertz CT molecular complexity index is 851. The molecule has 0 aliphatic carbocycles. The van der Waals surface area contributed by atoms with Gasteiger partial charge >= 0.3 is 0 Å². The van der Waals surface area contributed by atoms with Gasteiger partial charge in [-0.3, -0.25) is 9.59 Å². The number of amides is 2. The molecule has 0 heterocycles. The van der Waals surface area contributed by atoms with Crippen molar-refractivity contribution in [2.45, 2.75) is 20.8 Å². The molecule has 28 heavy (non-hydrogen) atoms. The van der Waals surface area contributed by atoms with Crippen LogP contribution in [0.25, 0.3) is 6.08 Å². The second-order valence-corrected chi connectivity index (χ2v) is 6.82. The van der Waals surface area contributed by atoms with Crippen molar-refractivity contribution in [3.8, 4) is 0 Å². The number of rotatable bonds is 7. The van der Waals surface area contributed by atoms with Crippen LogP contribution in [0.5, 0.6) is 0 Å². The average Bonchev–Trinajstić information content (AvgIpc) is 2.69. The number of aryl methyl sites for hydroxylation is 1. The summed E-state index contributed by atoms with van der Waals surface area (Å²) in [6.07, 6.45) is 3.24. The molecule has 2 aromatic carbocycles. The van der Waals surface area contributed by atoms with Gasteiger partial charge in [0.2, 0.25) is 5.91 Å². The predicted molar refractivity (Wildman–Crippen MR) is 117 cm³/mol. The van der Waals surface area contributed by atoms with E-state index in [1.165, 1.54) is 11.0 Å². The van der Waals surface area contributed by atoms with Crippen LogP contribution in [0.4, 0.5) is 11.4 Å². The summed E-state index contributed by atoms with van der Waals surface area (Å²) in [5, 5.41) is 2.92. The highest BCUT2D eigenvalue weighted by atomic mass is 16.2. The van der Waals surface area contributed by atoms with Crippen molar-refractivity contribution >= 4 is 29.3 Å². The van der Waals surface area contributed by atoms with Crippen LogP contribution in [-0.2, 0) is 4.79 Å². The maximum Gasteiger partial charge on any atom is 0.253 e. The molecule has 148 valence electrons. The van der Waals surface area contributed by atoms with Crippen LogP contribution in [0, 0.1) is 6.92 Å². The number of carbonyl (C=O) groups is 2. The van der Waals surface area contributed by atoms with Crippen molar-refractivity contribution < 1.29 is 9.59 Å². The minimum atomic E-state index is -0.188. The average molecular weight is 380 g/mol. The molecular formula is C23H29N3O2. The van der Waals surface area contributed by atoms with E-state index in [9.17, 15) is 9.59 Å². The van der Waals surface area contributed by atoms with Gasteiger partial charge in [0, 0.05) is 50.2 Å². The molecule has 0 unspecified atom stereocenters. The van der Waals surface area contributed by atoms with Crippen molar-refractivity contribution in [1.82, 2.24) is 4.90 Å². The zero-order chi connectivity index (χ0) is 20.7. The first-order chi connectivity index (χ1) is 13.3. The number of nitrogens with zero attached hydrogens (tertiary/aromatic N) is 2. The molecule has 0 bridgehead atoms. The number of nitrogens with one attached hydrogen (secondary N) is 1. The molecule has 0 aliphatic heterocycles. The summed E-state index contributed by atoms with van der Waals surface area (Å²) in [5.74, 6) is -0.232. The fourth-order valence-electron chi connectivity index (χ4n) is 2.91. The fraction of sp³-hybridized carbons (Fsp3) is 0.304. The smallest absolute Gasteiger partial charge is 0.253 e. The van der Waals surface area contributed by atoms with Gasteiger partial charge in [0.15, 0.2) is 0 Å². The Morgan fingerprint density at radius 2 is 1.64 bits per heavy atom. The molecule has 5 heteroatoms. The molecule has 0 aromatic heterocycles. The predicted octanol–water partition coefficient (Wildman–Crippen LogP) is 4.19. The van der Waals surface area contributed by atoms with Gasteiger partial charge in [-0.25, -0.2) is 0 Å². The summed E-state index contributed by atoms with van der Waals surface area (Å²) >= 11 is 0. The van der Waals surface area contributed by atoms with Gasteiger partial charge in [0.05, 0.1) is 0 Å². The van der Waals surface area contributed by atoms with E-state index >= 15 is 0 Å². The Hall–Kier alpha value is -3.08. The van der Waals surface area contributed by atoms with Crippen LogP contribution >= 0.6 is 0 Å². The van der Waals surface area contributed by atoms with E-state index in [-0.39, 0.29) is 11.8 Å². The van der Waals surface area contributed by atoms with Crippen LogP contribution in [0.1, 0.15) is 35.3 Å². The number of benzene rings is 2. The zero-order valence-electron chi connectivity index (χ0n) is 17.3. The highest BCUT2D eigenvalue weighted by Crippen LogP contribution is 2.22. The Morgan fingerprint density at radius 1 is 1.00 bits per heavy atom. The molecular weight excluding hydrogens is 350 g/mol. The maximum absolute atomic E-state index is 12.3. The second kappa shape index (κ2) is 9.74. The molecule has 0 saturated carbocycles. The number of hydrogen-bond donors (Lipinski definition) is 1. The van der Waals surface area contributed by atoms with Gasteiger partial charge in [-0.2, -0.15) is 0 Å². The lowest BCUT2D eigenvalue weighted by Crippen LogP contribution is -2.22. The van der Waals surface area contributed by atoms with E-state index < -0.39 is 0 Å². The van der Waals surface area contributed by atoms with Gasteiger partial charge in [0.25, 0.3) is 5.91 Å². The van der Waals surface area contributed by atoms with Crippen LogP contribution in [-0.4, -0.2) is 43.9 Å². The highest BCUT2D eigenvalue weighted by Gasteiger charge is 2.08. The molecule has 2 aromatic rings. The third kappa shape index (κ3) is 5.46. The summed E-state index contributed by atoms with van der Waals surface area (Å²) in [7, 11) is 3.44. The first-order valence-corrected chi connectivity index (χ1v) is 9.52. The van der Waals surface area contributed by atoms with E-state index in [4.69, 9.17) is 0 Å². The van der Waals surface area contributed by atoms with Crippen molar-refractivity contribution in [2.75, 3.05) is 37.4 Å². The van der Waals surface area contributed by atoms with Crippen LogP contribution in [0.2, 0.25) is 0 Å². The molecule has 2 amide bonds. The van der Waals surface area contributed by atoms with Crippen molar-refractivity contribution in [3.63, 3.8) is 0 Å². The Morgan fingerprint density at radius 3 is 2.18 bits per heavy atom. The van der Waals surface area contributed by atoms with Gasteiger partial charge in [-0.1, -0.05) is 12.1 Å². The van der Waals surface area contributed by atoms with Gasteiger partial charge in [-0.15, -0.1) is 0 Å². The highest BCUT2D eigenvalue weighted by molar-refractivity contribution is 6.02. The summed E-state index contributed by atoms with van der Waals surface area (Å²) < 4.78 is 0. The van der Waals surface area contributed by atoms with E-state index in [1.807, 2.05) is 31.2 Å². The third-order valence-electron chi connectivity index (χ3n) is 4.59. The van der Waals surface area contributed by atoms with Crippen molar-refractivity contribution in [2.24, 2.45) is 0 Å². The van der Waals surface area contributed by atoms with E-state index in [0.29, 0.717) is 5.56 Å². The van der Waals surface area contributed by atoms with Crippen molar-refractivity contribution in [1.29, 1.82) is 0 Å². The fourth-order valence-corrected chi connectivity index (χ4v) is 2.91. The number of carbonyl (C=O) groups excluding carboxylic acids is 2. The summed E-state index contributed by atoms with van der Waals surface area (Å²) in [6, 6.07) is 13.2. The molecule has 5 nitrogen and oxygen atoms in total. The zero-order valence-corrected chi connectivity index (χ0v) is 17.3. The molecule has 0 atom stereocenters. The van der Waals surface area contributed by atoms with Gasteiger partial charge in [-0.05, 0) is 68.3 Å². The third-order valence-corrected chi connectivity index (χ3v) is 4.59. The summed E-state index contributed by atoms with van der Waals surface area (Å²) in [5.41, 5.74) is 4.47. The first kappa shape index (κ1) is 21.2. The van der Waals surface area contributed by atoms with Crippen LogP contribution < -0.4 is 10.2 Å². The van der Waals surface area contributed by atoms with Crippen LogP contribution in [0.3, 0.4) is 0 Å². The SMILES string of the molecule is CCN(CC)c1ccc(NC(=O)/C=C/c2ccc(C(=O)N(C)C)cc2)c(C)c1. The van der Waals surface area contributed by atoms with Crippen LogP contribution in [0.15, 0.2) is 48.5 Å². The Kier molecular flexibility index (Phi) is 7.38. The first-order valence-electron chi connectivity index (χ1n) is 9.52. The second-order valence-electron chi connectivity index (χ2n) is 6.82. The lowest BCUT2D eigenvalue weighted by atomic mass is 10.1. The molecule has 0 spiro atoms. The van der Waals surface area contributed by atoms with Gasteiger partial charge in [0.1, 0.15) is 0 Å². The summed E-state index contributed by atoms with van der Waals surface area (Å²) in [4.78, 5) is 28.0. The topological polar surface area (TPSA) is 52.7 Å². The standard InChI is InChI=1S/C23H29N3O2/c1-6-26(7-2)20-13-14-21(17(3)16-20)24-22(27)15-10-18-8-11-19(12-9-18)23(28)25(4)5/h8-16H,6-7H2,1-5H3,(H,24,27)/b15-10+. The minimum absolute atomic E-state index is 0.0445. The van der Waals surface area contributed by atoms with Gasteiger partial charge < -0.3 is 15.1 Å². The number of anilines is 2. The molecule has 2 rings (SSSR count). The molecule has 0 saturated heterocycles. The molecule has 0 radical (unpaired) electrons. The minimum Gasteiger partial charge on any atom is -0.372 e. The maximum atomic E-state index is 12.3. The lowest BCUT2D eigenvalue weighted by Gasteiger charge is -2.22. The number of hydrogen-bond acceptors (Lipinski definition) is 3. The molecule has 1 N–H and O–H groups in total.